The van der Waals surface area contributed by atoms with Crippen LogP contribution in [0.4, 0.5) is 5.95 Å². The molecule has 0 amide bonds. The number of hydrogen-bond acceptors (Lipinski definition) is 5. The van der Waals surface area contributed by atoms with Gasteiger partial charge in [0.25, 0.3) is 10.0 Å². The van der Waals surface area contributed by atoms with Crippen LogP contribution in [-0.2, 0) is 17.1 Å². The van der Waals surface area contributed by atoms with Gasteiger partial charge >= 0.3 is 0 Å². The molecule has 0 fully saturated rings. The molecule has 0 radical (unpaired) electrons. The SMILES string of the molecule is Cc1ccc(S(=O)(=O)Nc2ncnn2C)c(C#CCN)c1. The van der Waals surface area contributed by atoms with Crippen molar-refractivity contribution >= 4 is 16.0 Å². The van der Waals surface area contributed by atoms with Crippen molar-refractivity contribution in [2.45, 2.75) is 11.8 Å². The van der Waals surface area contributed by atoms with Crippen LogP contribution in [-0.4, -0.2) is 29.7 Å². The van der Waals surface area contributed by atoms with E-state index in [9.17, 15) is 8.42 Å². The maximum Gasteiger partial charge on any atom is 0.265 e. The second-order valence-corrected chi connectivity index (χ2v) is 5.97. The van der Waals surface area contributed by atoms with E-state index in [0.29, 0.717) is 5.56 Å². The van der Waals surface area contributed by atoms with E-state index < -0.39 is 10.0 Å². The lowest BCUT2D eigenvalue weighted by molar-refractivity contribution is 0.600. The Morgan fingerprint density at radius 3 is 2.81 bits per heavy atom. The van der Waals surface area contributed by atoms with Crippen LogP contribution in [0.5, 0.6) is 0 Å². The molecular formula is C13H15N5O2S. The second kappa shape index (κ2) is 5.95. The van der Waals surface area contributed by atoms with Gasteiger partial charge in [-0.2, -0.15) is 10.1 Å². The summed E-state index contributed by atoms with van der Waals surface area (Å²) >= 11 is 0. The Morgan fingerprint density at radius 2 is 2.19 bits per heavy atom. The molecule has 0 spiro atoms. The van der Waals surface area contributed by atoms with Crippen LogP contribution < -0.4 is 10.5 Å². The van der Waals surface area contributed by atoms with Crippen molar-refractivity contribution < 1.29 is 8.42 Å². The molecular weight excluding hydrogens is 290 g/mol. The van der Waals surface area contributed by atoms with E-state index in [-0.39, 0.29) is 17.4 Å². The third-order valence-corrected chi connectivity index (χ3v) is 4.07. The van der Waals surface area contributed by atoms with E-state index in [1.54, 1.807) is 19.2 Å². The average molecular weight is 305 g/mol. The first-order valence-electron chi connectivity index (χ1n) is 6.10. The van der Waals surface area contributed by atoms with Gasteiger partial charge in [0.1, 0.15) is 11.2 Å². The highest BCUT2D eigenvalue weighted by Gasteiger charge is 2.20. The first-order chi connectivity index (χ1) is 9.94. The normalized spacial score (nSPS) is 10.8. The summed E-state index contributed by atoms with van der Waals surface area (Å²) in [7, 11) is -2.21. The number of sulfonamides is 1. The molecule has 3 N–H and O–H groups in total. The molecule has 7 nitrogen and oxygen atoms in total. The third kappa shape index (κ3) is 3.39. The fourth-order valence-corrected chi connectivity index (χ4v) is 2.87. The molecule has 2 aromatic rings. The smallest absolute Gasteiger partial charge is 0.265 e. The number of anilines is 1. The molecule has 1 aromatic heterocycles. The lowest BCUT2D eigenvalue weighted by atomic mass is 10.1. The number of benzene rings is 1. The Balaban J connectivity index is 2.47. The Bertz CT molecular complexity index is 815. The van der Waals surface area contributed by atoms with Crippen molar-refractivity contribution in [1.82, 2.24) is 14.8 Å². The van der Waals surface area contributed by atoms with Gasteiger partial charge in [-0.05, 0) is 24.6 Å². The van der Waals surface area contributed by atoms with Crippen LogP contribution in [0, 0.1) is 18.8 Å². The van der Waals surface area contributed by atoms with Crippen LogP contribution in [0.2, 0.25) is 0 Å². The Labute approximate surface area is 123 Å². The van der Waals surface area contributed by atoms with Gasteiger partial charge in [-0.3, -0.25) is 0 Å². The standard InChI is InChI=1S/C13H15N5O2S/c1-10-5-6-12(11(8-10)4-3-7-14)21(19,20)17-13-15-9-16-18(13)2/h5-6,8-9H,7,14H2,1-2H3,(H,15,16,17). The quantitative estimate of drug-likeness (QED) is 0.790. The van der Waals surface area contributed by atoms with Crippen molar-refractivity contribution in [2.24, 2.45) is 12.8 Å². The van der Waals surface area contributed by atoms with Gasteiger partial charge in [0.2, 0.25) is 5.95 Å². The van der Waals surface area contributed by atoms with E-state index in [1.807, 2.05) is 6.92 Å². The molecule has 0 aliphatic carbocycles. The van der Waals surface area contributed by atoms with E-state index >= 15 is 0 Å². The Kier molecular flexibility index (Phi) is 4.26. The molecule has 0 unspecified atom stereocenters. The maximum absolute atomic E-state index is 12.5. The fraction of sp³-hybridized carbons (Fsp3) is 0.231. The maximum atomic E-state index is 12.5. The number of nitrogens with zero attached hydrogens (tertiary/aromatic N) is 3. The minimum absolute atomic E-state index is 0.0806. The van der Waals surface area contributed by atoms with Crippen LogP contribution in [0.1, 0.15) is 11.1 Å². The first-order valence-corrected chi connectivity index (χ1v) is 7.59. The summed E-state index contributed by atoms with van der Waals surface area (Å²) in [5.41, 5.74) is 6.65. The summed E-state index contributed by atoms with van der Waals surface area (Å²) in [6.07, 6.45) is 1.27. The lowest BCUT2D eigenvalue weighted by Gasteiger charge is -2.09. The van der Waals surface area contributed by atoms with Crippen LogP contribution in [0.15, 0.2) is 29.4 Å². The summed E-state index contributed by atoms with van der Waals surface area (Å²) in [6.45, 7) is 2.02. The Hall–Kier alpha value is -2.37. The summed E-state index contributed by atoms with van der Waals surface area (Å²) in [5.74, 6) is 5.58. The van der Waals surface area contributed by atoms with Crippen molar-refractivity contribution in [3.05, 3.63) is 35.7 Å². The minimum atomic E-state index is -3.80. The number of nitrogens with two attached hydrogens (primary N) is 1. The number of aryl methyl sites for hydroxylation is 2. The molecule has 0 bridgehead atoms. The van der Waals surface area contributed by atoms with Gasteiger partial charge in [0.15, 0.2) is 0 Å². The topological polar surface area (TPSA) is 103 Å². The number of rotatable bonds is 3. The summed E-state index contributed by atoms with van der Waals surface area (Å²) in [4.78, 5) is 3.92. The molecule has 21 heavy (non-hydrogen) atoms. The van der Waals surface area contributed by atoms with Crippen LogP contribution in [0.3, 0.4) is 0 Å². The van der Waals surface area contributed by atoms with Gasteiger partial charge in [0, 0.05) is 12.6 Å². The van der Waals surface area contributed by atoms with Gasteiger partial charge in [0.05, 0.1) is 6.54 Å². The van der Waals surface area contributed by atoms with Gasteiger partial charge in [-0.1, -0.05) is 17.9 Å². The Morgan fingerprint density at radius 1 is 1.43 bits per heavy atom. The fourth-order valence-electron chi connectivity index (χ4n) is 1.69. The molecule has 110 valence electrons. The molecule has 8 heteroatoms. The zero-order valence-corrected chi connectivity index (χ0v) is 12.5. The third-order valence-electron chi connectivity index (χ3n) is 2.69. The average Bonchev–Trinajstić information content (AvgIpc) is 2.81. The lowest BCUT2D eigenvalue weighted by Crippen LogP contribution is -2.17. The van der Waals surface area contributed by atoms with Crippen LogP contribution >= 0.6 is 0 Å². The summed E-state index contributed by atoms with van der Waals surface area (Å²) < 4.78 is 28.6. The number of hydrogen-bond donors (Lipinski definition) is 2. The highest BCUT2D eigenvalue weighted by atomic mass is 32.2. The number of nitrogens with one attached hydrogen (secondary N) is 1. The summed E-state index contributed by atoms with van der Waals surface area (Å²) in [5, 5.41) is 3.81. The number of aromatic nitrogens is 3. The van der Waals surface area contributed by atoms with Crippen molar-refractivity contribution in [3.63, 3.8) is 0 Å². The van der Waals surface area contributed by atoms with Crippen LogP contribution in [0.25, 0.3) is 0 Å². The predicted octanol–water partition coefficient (Wildman–Crippen LogP) is 0.235. The highest BCUT2D eigenvalue weighted by Crippen LogP contribution is 2.19. The first kappa shape index (κ1) is 15.0. The molecule has 1 heterocycles. The molecule has 0 aliphatic rings. The molecule has 0 saturated carbocycles. The van der Waals surface area contributed by atoms with Gasteiger partial charge in [-0.15, -0.1) is 0 Å². The van der Waals surface area contributed by atoms with E-state index in [2.05, 4.69) is 26.6 Å². The van der Waals surface area contributed by atoms with E-state index in [0.717, 1.165) is 5.56 Å². The summed E-state index contributed by atoms with van der Waals surface area (Å²) in [6, 6.07) is 4.92. The van der Waals surface area contributed by atoms with Gasteiger partial charge < -0.3 is 5.73 Å². The van der Waals surface area contributed by atoms with Crippen molar-refractivity contribution in [1.29, 1.82) is 0 Å². The highest BCUT2D eigenvalue weighted by molar-refractivity contribution is 7.92. The molecule has 0 aliphatic heterocycles. The molecule has 1 aromatic carbocycles. The monoisotopic (exact) mass is 305 g/mol. The molecule has 2 rings (SSSR count). The van der Waals surface area contributed by atoms with E-state index in [1.165, 1.54) is 17.1 Å². The molecule has 0 saturated heterocycles. The zero-order valence-electron chi connectivity index (χ0n) is 11.7. The van der Waals surface area contributed by atoms with E-state index in [4.69, 9.17) is 5.73 Å². The van der Waals surface area contributed by atoms with Crippen molar-refractivity contribution in [2.75, 3.05) is 11.3 Å². The van der Waals surface area contributed by atoms with Crippen molar-refractivity contribution in [3.8, 4) is 11.8 Å². The minimum Gasteiger partial charge on any atom is -0.320 e. The zero-order chi connectivity index (χ0) is 15.5. The predicted molar refractivity (Wildman–Crippen MR) is 78.9 cm³/mol. The van der Waals surface area contributed by atoms with Gasteiger partial charge in [-0.25, -0.2) is 17.8 Å². The largest absolute Gasteiger partial charge is 0.320 e. The second-order valence-electron chi connectivity index (χ2n) is 4.32. The molecule has 0 atom stereocenters.